The van der Waals surface area contributed by atoms with Crippen LogP contribution in [0.3, 0.4) is 0 Å². The summed E-state index contributed by atoms with van der Waals surface area (Å²) < 4.78 is 18.8. The fourth-order valence-corrected chi connectivity index (χ4v) is 5.04. The quantitative estimate of drug-likeness (QED) is 0.511. The Labute approximate surface area is 124 Å². The van der Waals surface area contributed by atoms with Crippen molar-refractivity contribution in [2.75, 3.05) is 19.8 Å². The topological polar surface area (TPSA) is 27.7 Å². The van der Waals surface area contributed by atoms with Gasteiger partial charge < -0.3 is 13.3 Å². The van der Waals surface area contributed by atoms with Crippen molar-refractivity contribution in [1.29, 1.82) is 0 Å². The zero-order chi connectivity index (χ0) is 13.4. The van der Waals surface area contributed by atoms with Gasteiger partial charge in [0.05, 0.1) is 0 Å². The van der Waals surface area contributed by atoms with Crippen LogP contribution < -0.4 is 0 Å². The van der Waals surface area contributed by atoms with E-state index in [0.29, 0.717) is 19.8 Å². The maximum atomic E-state index is 5.85. The largest absolute Gasteiger partial charge is 0.505 e. The lowest BCUT2D eigenvalue weighted by Gasteiger charge is -2.28. The minimum absolute atomic E-state index is 0.621. The first-order chi connectivity index (χ1) is 8.65. The van der Waals surface area contributed by atoms with Crippen LogP contribution in [0.4, 0.5) is 0 Å². The molecule has 0 amide bonds. The van der Waals surface area contributed by atoms with E-state index in [-0.39, 0.29) is 0 Å². The molecule has 1 rings (SSSR count). The molecule has 0 aromatic heterocycles. The summed E-state index contributed by atoms with van der Waals surface area (Å²) in [5.74, 6) is 0. The highest BCUT2D eigenvalue weighted by atomic mass is 127. The summed E-state index contributed by atoms with van der Waals surface area (Å²) in [5, 5.41) is 0. The molecule has 0 spiro atoms. The average molecular weight is 380 g/mol. The van der Waals surface area contributed by atoms with E-state index in [2.05, 4.69) is 46.9 Å². The van der Waals surface area contributed by atoms with Crippen LogP contribution >= 0.6 is 22.6 Å². The molecule has 18 heavy (non-hydrogen) atoms. The van der Waals surface area contributed by atoms with Crippen LogP contribution in [0, 0.1) is 3.57 Å². The van der Waals surface area contributed by atoms with Gasteiger partial charge in [-0.2, -0.15) is 0 Å². The second-order valence-electron chi connectivity index (χ2n) is 3.79. The second kappa shape index (κ2) is 8.26. The fraction of sp³-hybridized carbons (Fsp3) is 0.538. The van der Waals surface area contributed by atoms with Crippen molar-refractivity contribution in [3.8, 4) is 0 Å². The number of hydrogen-bond acceptors (Lipinski definition) is 3. The molecule has 0 aliphatic carbocycles. The van der Waals surface area contributed by atoms with Gasteiger partial charge in [-0.3, -0.25) is 0 Å². The minimum Gasteiger partial charge on any atom is -0.374 e. The van der Waals surface area contributed by atoms with E-state index in [0.717, 1.165) is 6.04 Å². The maximum absolute atomic E-state index is 5.85. The van der Waals surface area contributed by atoms with Gasteiger partial charge in [0.15, 0.2) is 0 Å². The lowest BCUT2D eigenvalue weighted by molar-refractivity contribution is 0.0704. The van der Waals surface area contributed by atoms with Gasteiger partial charge in [-0.05, 0) is 61.1 Å². The molecule has 0 radical (unpaired) electrons. The predicted molar refractivity (Wildman–Crippen MR) is 83.5 cm³/mol. The molecule has 0 unspecified atom stereocenters. The Morgan fingerprint density at radius 2 is 1.56 bits per heavy atom. The molecule has 1 aromatic carbocycles. The normalized spacial score (nSPS) is 11.8. The summed E-state index contributed by atoms with van der Waals surface area (Å²) in [7, 11) is -2.56. The van der Waals surface area contributed by atoms with Crippen molar-refractivity contribution in [1.82, 2.24) is 0 Å². The molecule has 0 heterocycles. The molecule has 0 aliphatic rings. The number of halogens is 1. The third-order valence-electron chi connectivity index (χ3n) is 2.40. The van der Waals surface area contributed by atoms with Gasteiger partial charge in [-0.25, -0.2) is 0 Å². The van der Waals surface area contributed by atoms with Gasteiger partial charge in [-0.15, -0.1) is 0 Å². The van der Waals surface area contributed by atoms with E-state index in [1.54, 1.807) is 0 Å². The van der Waals surface area contributed by atoms with E-state index in [4.69, 9.17) is 13.3 Å². The summed E-state index contributed by atoms with van der Waals surface area (Å²) in [6.45, 7) is 7.81. The van der Waals surface area contributed by atoms with E-state index >= 15 is 0 Å². The molecule has 0 N–H and O–H groups in total. The van der Waals surface area contributed by atoms with Crippen LogP contribution in [-0.4, -0.2) is 28.6 Å². The summed E-state index contributed by atoms with van der Waals surface area (Å²) in [4.78, 5) is 0. The molecule has 0 saturated carbocycles. The Bertz CT molecular complexity index is 343. The number of rotatable bonds is 8. The van der Waals surface area contributed by atoms with Crippen LogP contribution in [0.1, 0.15) is 26.3 Å². The summed E-state index contributed by atoms with van der Waals surface area (Å²) in [5.41, 5.74) is 1.21. The molecule has 0 atom stereocenters. The van der Waals surface area contributed by atoms with Crippen molar-refractivity contribution >= 4 is 31.4 Å². The molecule has 3 nitrogen and oxygen atoms in total. The van der Waals surface area contributed by atoms with Crippen molar-refractivity contribution in [3.63, 3.8) is 0 Å². The van der Waals surface area contributed by atoms with Crippen LogP contribution in [0.5, 0.6) is 0 Å². The van der Waals surface area contributed by atoms with E-state index in [1.807, 2.05) is 20.8 Å². The van der Waals surface area contributed by atoms with Crippen LogP contribution in [0.2, 0.25) is 0 Å². The first-order valence-corrected chi connectivity index (χ1v) is 9.33. The molecule has 0 bridgehead atoms. The van der Waals surface area contributed by atoms with Crippen LogP contribution in [0.15, 0.2) is 24.3 Å². The van der Waals surface area contributed by atoms with E-state index in [1.165, 1.54) is 9.13 Å². The minimum atomic E-state index is -2.56. The molecule has 102 valence electrons. The highest BCUT2D eigenvalue weighted by Gasteiger charge is 2.40. The Balaban J connectivity index is 2.87. The zero-order valence-electron chi connectivity index (χ0n) is 11.2. The molecule has 5 heteroatoms. The second-order valence-corrected chi connectivity index (χ2v) is 7.62. The Morgan fingerprint density at radius 3 is 2.00 bits per heavy atom. The Kier molecular flexibility index (Phi) is 7.39. The zero-order valence-corrected chi connectivity index (χ0v) is 14.4. The molecule has 1 aromatic rings. The van der Waals surface area contributed by atoms with Crippen molar-refractivity contribution < 1.29 is 13.3 Å². The maximum Gasteiger partial charge on any atom is 0.505 e. The van der Waals surface area contributed by atoms with Gasteiger partial charge in [0, 0.05) is 29.4 Å². The summed E-state index contributed by atoms with van der Waals surface area (Å²) in [6.07, 6.45) is 0. The third-order valence-corrected chi connectivity index (χ3v) is 6.10. The number of hydrogen-bond donors (Lipinski definition) is 0. The van der Waals surface area contributed by atoms with Gasteiger partial charge in [-0.1, -0.05) is 12.1 Å². The first-order valence-electron chi connectivity index (χ1n) is 6.32. The lowest BCUT2D eigenvalue weighted by Crippen LogP contribution is -2.48. The van der Waals surface area contributed by atoms with Gasteiger partial charge in [0.25, 0.3) is 0 Å². The van der Waals surface area contributed by atoms with Crippen LogP contribution in [-0.2, 0) is 19.3 Å². The predicted octanol–water partition coefficient (Wildman–Crippen LogP) is 3.42. The highest BCUT2D eigenvalue weighted by molar-refractivity contribution is 14.1. The number of benzene rings is 1. The van der Waals surface area contributed by atoms with E-state index in [9.17, 15) is 0 Å². The van der Waals surface area contributed by atoms with Gasteiger partial charge >= 0.3 is 8.80 Å². The molecule has 0 saturated heterocycles. The van der Waals surface area contributed by atoms with Crippen molar-refractivity contribution in [2.45, 2.75) is 26.8 Å². The molecular weight excluding hydrogens is 359 g/mol. The highest BCUT2D eigenvalue weighted by Crippen LogP contribution is 2.18. The summed E-state index contributed by atoms with van der Waals surface area (Å²) >= 11 is 2.31. The lowest BCUT2D eigenvalue weighted by atomic mass is 10.2. The average Bonchev–Trinajstić information content (AvgIpc) is 2.30. The van der Waals surface area contributed by atoms with E-state index < -0.39 is 8.80 Å². The fourth-order valence-electron chi connectivity index (χ4n) is 1.83. The Hall–Kier alpha value is 0.0469. The third kappa shape index (κ3) is 4.97. The Morgan fingerprint density at radius 1 is 1.00 bits per heavy atom. The molecule has 0 fully saturated rings. The van der Waals surface area contributed by atoms with Gasteiger partial charge in [0.1, 0.15) is 0 Å². The van der Waals surface area contributed by atoms with Crippen molar-refractivity contribution in [2.24, 2.45) is 0 Å². The monoisotopic (exact) mass is 380 g/mol. The first kappa shape index (κ1) is 16.1. The molecular formula is C13H21IO3Si. The smallest absolute Gasteiger partial charge is 0.374 e. The summed E-state index contributed by atoms with van der Waals surface area (Å²) in [6, 6.07) is 9.12. The molecule has 0 aliphatic heterocycles. The van der Waals surface area contributed by atoms with Crippen molar-refractivity contribution in [3.05, 3.63) is 33.4 Å². The van der Waals surface area contributed by atoms with Crippen LogP contribution in [0.25, 0.3) is 0 Å². The SMILES string of the molecule is CCO[Si](Cc1cccc(I)c1)(OCC)OCC. The standard InChI is InChI=1S/C13H21IO3Si/c1-4-15-18(16-5-2,17-6-3)11-12-8-7-9-13(14)10-12/h7-10H,4-6,11H2,1-3H3. The van der Waals surface area contributed by atoms with Gasteiger partial charge in [0.2, 0.25) is 0 Å².